The van der Waals surface area contributed by atoms with Crippen molar-refractivity contribution in [2.75, 3.05) is 5.32 Å². The van der Waals surface area contributed by atoms with Gasteiger partial charge >= 0.3 is 0 Å². The van der Waals surface area contributed by atoms with E-state index in [9.17, 15) is 0 Å². The lowest BCUT2D eigenvalue weighted by Gasteiger charge is -2.10. The molecule has 0 amide bonds. The Bertz CT molecular complexity index is 1080. The fourth-order valence-corrected chi connectivity index (χ4v) is 3.01. The summed E-state index contributed by atoms with van der Waals surface area (Å²) in [7, 11) is 0. The lowest BCUT2D eigenvalue weighted by Crippen LogP contribution is -2.06. The Kier molecular flexibility index (Phi) is 5.34. The number of benzene rings is 1. The van der Waals surface area contributed by atoms with E-state index in [2.05, 4.69) is 41.2 Å². The molecule has 4 aromatic rings. The van der Waals surface area contributed by atoms with Gasteiger partial charge < -0.3 is 5.32 Å². The zero-order chi connectivity index (χ0) is 19.3. The summed E-state index contributed by atoms with van der Waals surface area (Å²) in [6.07, 6.45) is 7.06. The van der Waals surface area contributed by atoms with E-state index in [1.54, 1.807) is 24.8 Å². The average Bonchev–Trinajstić information content (AvgIpc) is 2.74. The minimum Gasteiger partial charge on any atom is -0.364 e. The molecular weight excluding hydrogens is 416 g/mol. The molecule has 0 saturated carbocycles. The topological polar surface area (TPSA) is 76.5 Å². The summed E-state index contributed by atoms with van der Waals surface area (Å²) < 4.78 is 0.898. The molecule has 0 aliphatic rings. The quantitative estimate of drug-likeness (QED) is 0.493. The van der Waals surface area contributed by atoms with Crippen LogP contribution in [0.4, 0.5) is 5.82 Å². The van der Waals surface area contributed by atoms with Crippen molar-refractivity contribution < 1.29 is 0 Å². The van der Waals surface area contributed by atoms with Gasteiger partial charge in [0, 0.05) is 40.3 Å². The maximum atomic E-state index is 4.74. The van der Waals surface area contributed by atoms with Crippen LogP contribution in [-0.4, -0.2) is 24.9 Å². The summed E-state index contributed by atoms with van der Waals surface area (Å²) in [6.45, 7) is 2.44. The second-order valence-electron chi connectivity index (χ2n) is 6.22. The highest BCUT2D eigenvalue weighted by Crippen LogP contribution is 2.25. The zero-order valence-electron chi connectivity index (χ0n) is 15.2. The first-order valence-electron chi connectivity index (χ1n) is 8.74. The molecule has 0 aliphatic carbocycles. The summed E-state index contributed by atoms with van der Waals surface area (Å²) in [6, 6.07) is 13.8. The predicted molar refractivity (Wildman–Crippen MR) is 112 cm³/mol. The van der Waals surface area contributed by atoms with Crippen molar-refractivity contribution in [3.05, 3.63) is 83.1 Å². The Morgan fingerprint density at radius 3 is 2.50 bits per heavy atom. The smallest absolute Gasteiger partial charge is 0.162 e. The molecule has 6 nitrogen and oxygen atoms in total. The van der Waals surface area contributed by atoms with Crippen LogP contribution in [0.1, 0.15) is 11.4 Å². The van der Waals surface area contributed by atoms with Crippen LogP contribution in [0.25, 0.3) is 22.6 Å². The minimum atomic E-state index is 0.523. The van der Waals surface area contributed by atoms with Crippen LogP contribution in [0.3, 0.4) is 0 Å². The van der Waals surface area contributed by atoms with Gasteiger partial charge in [0.1, 0.15) is 5.82 Å². The van der Waals surface area contributed by atoms with Gasteiger partial charge in [-0.2, -0.15) is 0 Å². The number of anilines is 1. The van der Waals surface area contributed by atoms with Gasteiger partial charge in [-0.05, 0) is 28.9 Å². The molecule has 0 bridgehead atoms. The van der Waals surface area contributed by atoms with E-state index >= 15 is 0 Å². The number of hydrogen-bond donors (Lipinski definition) is 1. The van der Waals surface area contributed by atoms with Gasteiger partial charge in [-0.15, -0.1) is 0 Å². The van der Waals surface area contributed by atoms with E-state index in [-0.39, 0.29) is 0 Å². The second kappa shape index (κ2) is 8.22. The predicted octanol–water partition coefficient (Wildman–Crippen LogP) is 4.68. The van der Waals surface area contributed by atoms with Crippen molar-refractivity contribution in [2.24, 2.45) is 0 Å². The van der Waals surface area contributed by atoms with Gasteiger partial charge in [0.05, 0.1) is 29.8 Å². The first-order chi connectivity index (χ1) is 13.7. The average molecular weight is 433 g/mol. The molecule has 7 heteroatoms. The summed E-state index contributed by atoms with van der Waals surface area (Å²) >= 11 is 3.47. The number of pyridine rings is 1. The Hall–Kier alpha value is -3.19. The summed E-state index contributed by atoms with van der Waals surface area (Å²) in [5.74, 6) is 1.36. The molecule has 1 N–H and O–H groups in total. The molecule has 1 aromatic carbocycles. The van der Waals surface area contributed by atoms with Gasteiger partial charge in [-0.3, -0.25) is 15.0 Å². The standard InChI is InChI=1S/C21H17BrN6/c1-14-9-25-18(12-24-14)13-26-20-8-19(16-7-17(22)11-23-10-16)27-21(28-20)15-5-3-2-4-6-15/h2-12H,13H2,1H3,(H,26,27,28). The zero-order valence-corrected chi connectivity index (χ0v) is 16.8. The first kappa shape index (κ1) is 18.2. The number of halogens is 1. The Morgan fingerprint density at radius 1 is 0.893 bits per heavy atom. The number of hydrogen-bond acceptors (Lipinski definition) is 6. The first-order valence-corrected chi connectivity index (χ1v) is 9.53. The molecule has 4 rings (SSSR count). The fourth-order valence-electron chi connectivity index (χ4n) is 2.65. The molecule has 138 valence electrons. The Balaban J connectivity index is 1.70. The van der Waals surface area contributed by atoms with Crippen LogP contribution >= 0.6 is 15.9 Å². The van der Waals surface area contributed by atoms with E-state index in [1.807, 2.05) is 49.4 Å². The molecule has 0 saturated heterocycles. The van der Waals surface area contributed by atoms with E-state index in [0.717, 1.165) is 32.7 Å². The third-order valence-corrected chi connectivity index (χ3v) is 4.48. The molecule has 0 spiro atoms. The van der Waals surface area contributed by atoms with Crippen molar-refractivity contribution in [1.82, 2.24) is 24.9 Å². The van der Waals surface area contributed by atoms with E-state index in [4.69, 9.17) is 4.98 Å². The van der Waals surface area contributed by atoms with Crippen LogP contribution in [-0.2, 0) is 6.54 Å². The number of nitrogens with one attached hydrogen (secondary N) is 1. The third kappa shape index (κ3) is 4.37. The molecular formula is C21H17BrN6. The number of aromatic nitrogens is 5. The van der Waals surface area contributed by atoms with Crippen LogP contribution in [0.15, 0.2) is 71.7 Å². The van der Waals surface area contributed by atoms with Gasteiger partial charge in [-0.1, -0.05) is 30.3 Å². The van der Waals surface area contributed by atoms with Crippen molar-refractivity contribution in [3.8, 4) is 22.6 Å². The Morgan fingerprint density at radius 2 is 1.75 bits per heavy atom. The van der Waals surface area contributed by atoms with Gasteiger partial charge in [0.25, 0.3) is 0 Å². The number of nitrogens with zero attached hydrogens (tertiary/aromatic N) is 5. The molecule has 28 heavy (non-hydrogen) atoms. The van der Waals surface area contributed by atoms with Crippen molar-refractivity contribution >= 4 is 21.7 Å². The van der Waals surface area contributed by atoms with Crippen LogP contribution in [0, 0.1) is 6.92 Å². The van der Waals surface area contributed by atoms with E-state index in [1.165, 1.54) is 0 Å². The fraction of sp³-hybridized carbons (Fsp3) is 0.0952. The van der Waals surface area contributed by atoms with Crippen LogP contribution in [0.5, 0.6) is 0 Å². The lowest BCUT2D eigenvalue weighted by molar-refractivity contribution is 0.974. The molecule has 0 radical (unpaired) electrons. The number of aryl methyl sites for hydroxylation is 1. The maximum Gasteiger partial charge on any atom is 0.162 e. The van der Waals surface area contributed by atoms with Crippen LogP contribution in [0.2, 0.25) is 0 Å². The molecule has 0 unspecified atom stereocenters. The third-order valence-electron chi connectivity index (χ3n) is 4.04. The van der Waals surface area contributed by atoms with Gasteiger partial charge in [-0.25, -0.2) is 9.97 Å². The highest BCUT2D eigenvalue weighted by molar-refractivity contribution is 9.10. The van der Waals surface area contributed by atoms with Crippen LogP contribution < -0.4 is 5.32 Å². The maximum absolute atomic E-state index is 4.74. The van der Waals surface area contributed by atoms with Crippen molar-refractivity contribution in [2.45, 2.75) is 13.5 Å². The second-order valence-corrected chi connectivity index (χ2v) is 7.14. The normalized spacial score (nSPS) is 10.6. The largest absolute Gasteiger partial charge is 0.364 e. The lowest BCUT2D eigenvalue weighted by atomic mass is 10.1. The monoisotopic (exact) mass is 432 g/mol. The molecule has 0 aliphatic heterocycles. The number of rotatable bonds is 5. The molecule has 0 fully saturated rings. The summed E-state index contributed by atoms with van der Waals surface area (Å²) in [5.41, 5.74) is 4.38. The molecule has 3 heterocycles. The van der Waals surface area contributed by atoms with Gasteiger partial charge in [0.2, 0.25) is 0 Å². The highest BCUT2D eigenvalue weighted by atomic mass is 79.9. The minimum absolute atomic E-state index is 0.523. The Labute approximate surface area is 171 Å². The van der Waals surface area contributed by atoms with Crippen molar-refractivity contribution in [3.63, 3.8) is 0 Å². The van der Waals surface area contributed by atoms with E-state index in [0.29, 0.717) is 18.2 Å². The summed E-state index contributed by atoms with van der Waals surface area (Å²) in [4.78, 5) is 22.3. The highest BCUT2D eigenvalue weighted by Gasteiger charge is 2.10. The van der Waals surface area contributed by atoms with E-state index < -0.39 is 0 Å². The molecule has 3 aromatic heterocycles. The van der Waals surface area contributed by atoms with Gasteiger partial charge in [0.15, 0.2) is 5.82 Å². The van der Waals surface area contributed by atoms with Crippen molar-refractivity contribution in [1.29, 1.82) is 0 Å². The summed E-state index contributed by atoms with van der Waals surface area (Å²) in [5, 5.41) is 3.33. The SMILES string of the molecule is Cc1cnc(CNc2cc(-c3cncc(Br)c3)nc(-c3ccccc3)n2)cn1. The molecule has 0 atom stereocenters.